The van der Waals surface area contributed by atoms with Gasteiger partial charge in [-0.15, -0.1) is 0 Å². The second-order valence-corrected chi connectivity index (χ2v) is 8.64. The fourth-order valence-electron chi connectivity index (χ4n) is 4.07. The van der Waals surface area contributed by atoms with Gasteiger partial charge in [0.25, 0.3) is 0 Å². The second-order valence-electron chi connectivity index (χ2n) is 7.72. The zero-order valence-corrected chi connectivity index (χ0v) is 19.2. The molecule has 1 aliphatic heterocycles. The molecule has 5 nitrogen and oxygen atoms in total. The smallest absolute Gasteiger partial charge is 0.125 e. The maximum atomic E-state index is 14.1. The highest BCUT2D eigenvalue weighted by molar-refractivity contribution is 9.10. The molecule has 1 saturated heterocycles. The molecular weight excluding hydrogens is 471 g/mol. The van der Waals surface area contributed by atoms with E-state index in [1.54, 1.807) is 12.3 Å². The Morgan fingerprint density at radius 3 is 2.69 bits per heavy atom. The van der Waals surface area contributed by atoms with Gasteiger partial charge in [-0.2, -0.15) is 0 Å². The Labute approximate surface area is 194 Å². The number of nitrogens with zero attached hydrogens (tertiary/aromatic N) is 3. The normalized spacial score (nSPS) is 14.0. The van der Waals surface area contributed by atoms with E-state index >= 15 is 0 Å². The van der Waals surface area contributed by atoms with Crippen molar-refractivity contribution in [3.05, 3.63) is 76.6 Å². The topological polar surface area (TPSA) is 50.3 Å². The van der Waals surface area contributed by atoms with Crippen molar-refractivity contribution in [1.29, 1.82) is 0 Å². The Hall–Kier alpha value is -3.03. The van der Waals surface area contributed by atoms with Crippen LogP contribution in [-0.2, 0) is 4.74 Å². The largest absolute Gasteiger partial charge is 0.378 e. The summed E-state index contributed by atoms with van der Waals surface area (Å²) in [5, 5.41) is 4.51. The molecule has 162 valence electrons. The zero-order chi connectivity index (χ0) is 22.1. The highest BCUT2D eigenvalue weighted by Crippen LogP contribution is 2.38. The van der Waals surface area contributed by atoms with Crippen LogP contribution in [0.3, 0.4) is 0 Å². The average Bonchev–Trinajstić information content (AvgIpc) is 2.82. The van der Waals surface area contributed by atoms with E-state index < -0.39 is 0 Å². The predicted octanol–water partition coefficient (Wildman–Crippen LogP) is 6.09. The summed E-state index contributed by atoms with van der Waals surface area (Å²) < 4.78 is 20.6. The molecule has 2 aromatic carbocycles. The number of rotatable bonds is 4. The molecule has 1 fully saturated rings. The number of fused-ring (bicyclic) bond motifs is 1. The number of halogens is 2. The summed E-state index contributed by atoms with van der Waals surface area (Å²) >= 11 is 3.61. The number of morpholine rings is 1. The van der Waals surface area contributed by atoms with E-state index in [1.807, 2.05) is 31.2 Å². The van der Waals surface area contributed by atoms with Crippen molar-refractivity contribution in [2.75, 3.05) is 36.5 Å². The second kappa shape index (κ2) is 8.84. The van der Waals surface area contributed by atoms with Gasteiger partial charge in [0.05, 0.1) is 47.2 Å². The van der Waals surface area contributed by atoms with Crippen molar-refractivity contribution in [3.8, 4) is 11.4 Å². The molecule has 0 radical (unpaired) electrons. The lowest BCUT2D eigenvalue weighted by atomic mass is 10.0. The fraction of sp³-hybridized carbons (Fsp3) is 0.200. The van der Waals surface area contributed by atoms with Crippen LogP contribution in [0, 0.1) is 12.7 Å². The molecule has 7 heteroatoms. The molecule has 3 heterocycles. The van der Waals surface area contributed by atoms with Crippen LogP contribution in [0.1, 0.15) is 5.56 Å². The van der Waals surface area contributed by atoms with Gasteiger partial charge in [-0.25, -0.2) is 9.37 Å². The first kappa shape index (κ1) is 20.8. The highest BCUT2D eigenvalue weighted by atomic mass is 79.9. The fourth-order valence-corrected chi connectivity index (χ4v) is 4.43. The summed E-state index contributed by atoms with van der Waals surface area (Å²) in [6.07, 6.45) is 1.74. The van der Waals surface area contributed by atoms with Gasteiger partial charge < -0.3 is 15.0 Å². The lowest BCUT2D eigenvalue weighted by Crippen LogP contribution is -2.36. The summed E-state index contributed by atoms with van der Waals surface area (Å²) in [6, 6.07) is 16.7. The Morgan fingerprint density at radius 2 is 1.91 bits per heavy atom. The summed E-state index contributed by atoms with van der Waals surface area (Å²) in [7, 11) is 0. The molecule has 2 aromatic heterocycles. The van der Waals surface area contributed by atoms with Gasteiger partial charge >= 0.3 is 0 Å². The van der Waals surface area contributed by atoms with Crippen molar-refractivity contribution < 1.29 is 9.13 Å². The first-order valence-corrected chi connectivity index (χ1v) is 11.3. The Kier molecular flexibility index (Phi) is 5.76. The van der Waals surface area contributed by atoms with Gasteiger partial charge in [-0.1, -0.05) is 22.0 Å². The van der Waals surface area contributed by atoms with Gasteiger partial charge in [0, 0.05) is 40.8 Å². The third-order valence-corrected chi connectivity index (χ3v) is 6.16. The molecule has 0 saturated carbocycles. The summed E-state index contributed by atoms with van der Waals surface area (Å²) in [6.45, 7) is 5.09. The van der Waals surface area contributed by atoms with E-state index in [9.17, 15) is 4.39 Å². The number of ether oxygens (including phenoxy) is 1. The summed E-state index contributed by atoms with van der Waals surface area (Å²) in [5.74, 6) is -0.316. The number of pyridine rings is 2. The third-order valence-electron chi connectivity index (χ3n) is 5.67. The van der Waals surface area contributed by atoms with Gasteiger partial charge in [-0.05, 0) is 49.4 Å². The summed E-state index contributed by atoms with van der Waals surface area (Å²) in [5.41, 5.74) is 5.98. The van der Waals surface area contributed by atoms with Crippen LogP contribution in [0.25, 0.3) is 22.3 Å². The van der Waals surface area contributed by atoms with Crippen molar-refractivity contribution in [1.82, 2.24) is 9.97 Å². The van der Waals surface area contributed by atoms with Gasteiger partial charge in [0.15, 0.2) is 0 Å². The minimum Gasteiger partial charge on any atom is -0.378 e. The van der Waals surface area contributed by atoms with Gasteiger partial charge in [-0.3, -0.25) is 4.98 Å². The van der Waals surface area contributed by atoms with Crippen molar-refractivity contribution in [2.45, 2.75) is 6.92 Å². The van der Waals surface area contributed by atoms with Crippen LogP contribution in [0.5, 0.6) is 0 Å². The number of anilines is 3. The van der Waals surface area contributed by atoms with Crippen LogP contribution < -0.4 is 10.2 Å². The Bertz CT molecular complexity index is 1280. The van der Waals surface area contributed by atoms with E-state index in [1.165, 1.54) is 12.1 Å². The minimum absolute atomic E-state index is 0.316. The molecule has 1 N–H and O–H groups in total. The van der Waals surface area contributed by atoms with E-state index in [0.29, 0.717) is 18.7 Å². The Balaban J connectivity index is 1.68. The van der Waals surface area contributed by atoms with E-state index in [0.717, 1.165) is 57.0 Å². The van der Waals surface area contributed by atoms with Crippen LogP contribution in [-0.4, -0.2) is 36.3 Å². The standard InChI is InChI=1S/C25H22BrFN4O/c1-16-24(30-22-14-17(26)5-8-23(22)31-10-12-32-13-11-31)19-7-6-18(27)15-21(19)29-25(16)20-4-2-3-9-28-20/h2-9,14-15H,10-13H2,1H3,(H,29,30). The van der Waals surface area contributed by atoms with Crippen molar-refractivity contribution in [3.63, 3.8) is 0 Å². The van der Waals surface area contributed by atoms with Crippen molar-refractivity contribution in [2.24, 2.45) is 0 Å². The van der Waals surface area contributed by atoms with Crippen molar-refractivity contribution >= 4 is 43.9 Å². The zero-order valence-electron chi connectivity index (χ0n) is 17.6. The number of aromatic nitrogens is 2. The predicted molar refractivity (Wildman–Crippen MR) is 130 cm³/mol. The molecule has 0 unspecified atom stereocenters. The Morgan fingerprint density at radius 1 is 1.06 bits per heavy atom. The van der Waals surface area contributed by atoms with E-state index in [-0.39, 0.29) is 5.82 Å². The molecule has 0 amide bonds. The monoisotopic (exact) mass is 492 g/mol. The maximum Gasteiger partial charge on any atom is 0.125 e. The van der Waals surface area contributed by atoms with Gasteiger partial charge in [0.1, 0.15) is 5.82 Å². The van der Waals surface area contributed by atoms with Crippen LogP contribution in [0.4, 0.5) is 21.5 Å². The molecule has 1 aliphatic rings. The van der Waals surface area contributed by atoms with E-state index in [4.69, 9.17) is 9.72 Å². The van der Waals surface area contributed by atoms with Gasteiger partial charge in [0.2, 0.25) is 0 Å². The average molecular weight is 493 g/mol. The first-order valence-electron chi connectivity index (χ1n) is 10.5. The molecule has 0 aliphatic carbocycles. The minimum atomic E-state index is -0.316. The SMILES string of the molecule is Cc1c(-c2ccccn2)nc2cc(F)ccc2c1Nc1cc(Br)ccc1N1CCOCC1. The maximum absolute atomic E-state index is 14.1. The summed E-state index contributed by atoms with van der Waals surface area (Å²) in [4.78, 5) is 11.6. The molecule has 0 spiro atoms. The molecule has 0 atom stereocenters. The molecule has 5 rings (SSSR count). The molecule has 0 bridgehead atoms. The molecular formula is C25H22BrFN4O. The highest BCUT2D eigenvalue weighted by Gasteiger charge is 2.19. The lowest BCUT2D eigenvalue weighted by molar-refractivity contribution is 0.123. The number of hydrogen-bond acceptors (Lipinski definition) is 5. The number of benzene rings is 2. The van der Waals surface area contributed by atoms with Crippen LogP contribution in [0.2, 0.25) is 0 Å². The third kappa shape index (κ3) is 4.06. The first-order chi connectivity index (χ1) is 15.6. The molecule has 32 heavy (non-hydrogen) atoms. The van der Waals surface area contributed by atoms with Crippen LogP contribution >= 0.6 is 15.9 Å². The van der Waals surface area contributed by atoms with Crippen LogP contribution in [0.15, 0.2) is 65.3 Å². The van der Waals surface area contributed by atoms with E-state index in [2.05, 4.69) is 43.3 Å². The number of hydrogen-bond donors (Lipinski definition) is 1. The lowest BCUT2D eigenvalue weighted by Gasteiger charge is -2.31. The number of nitrogens with one attached hydrogen (secondary N) is 1. The quantitative estimate of drug-likeness (QED) is 0.373. The molecule has 4 aromatic rings.